The first-order valence-electron chi connectivity index (χ1n) is 8.36. The molecule has 0 radical (unpaired) electrons. The molecule has 3 N–H and O–H groups in total. The number of hydrogen-bond acceptors (Lipinski definition) is 3. The second-order valence-corrected chi connectivity index (χ2v) is 7.05. The lowest BCUT2D eigenvalue weighted by Gasteiger charge is -2.11. The van der Waals surface area contributed by atoms with Crippen LogP contribution in [-0.4, -0.2) is 16.9 Å². The molecular weight excluding hydrogens is 438 g/mol. The van der Waals surface area contributed by atoms with Gasteiger partial charge >= 0.3 is 0 Å². The highest BCUT2D eigenvalue weighted by Crippen LogP contribution is 2.19. The number of benzene rings is 3. The molecule has 0 heterocycles. The van der Waals surface area contributed by atoms with E-state index in [-0.39, 0.29) is 16.9 Å². The Kier molecular flexibility index (Phi) is 6.52. The van der Waals surface area contributed by atoms with E-state index in [0.29, 0.717) is 15.6 Å². The lowest BCUT2D eigenvalue weighted by Crippen LogP contribution is -2.48. The lowest BCUT2D eigenvalue weighted by atomic mass is 10.0. The van der Waals surface area contributed by atoms with E-state index >= 15 is 0 Å². The zero-order valence-electron chi connectivity index (χ0n) is 14.6. The van der Waals surface area contributed by atoms with Gasteiger partial charge < -0.3 is 0 Å². The largest absolute Gasteiger partial charge is 0.298 e. The lowest BCUT2D eigenvalue weighted by molar-refractivity contribution is 0.0934. The quantitative estimate of drug-likeness (QED) is 0.413. The number of halogens is 1. The fraction of sp³-hybridized carbons (Fsp3) is 0. The predicted molar refractivity (Wildman–Crippen MR) is 117 cm³/mol. The summed E-state index contributed by atoms with van der Waals surface area (Å²) in [7, 11) is 0. The number of hydrogen-bond donors (Lipinski definition) is 3. The van der Waals surface area contributed by atoms with E-state index < -0.39 is 0 Å². The van der Waals surface area contributed by atoms with E-state index in [4.69, 9.17) is 12.2 Å². The molecule has 0 aromatic heterocycles. The molecule has 0 saturated heterocycles. The summed E-state index contributed by atoms with van der Waals surface area (Å²) >= 11 is 8.36. The minimum Gasteiger partial charge on any atom is -0.298 e. The summed E-state index contributed by atoms with van der Waals surface area (Å²) in [6, 6.07) is 24.0. The molecule has 140 valence electrons. The van der Waals surface area contributed by atoms with Crippen molar-refractivity contribution in [3.63, 3.8) is 0 Å². The van der Waals surface area contributed by atoms with Crippen LogP contribution in [0.5, 0.6) is 0 Å². The molecule has 0 spiro atoms. The Morgan fingerprint density at radius 2 is 1.32 bits per heavy atom. The molecule has 3 aromatic carbocycles. The minimum absolute atomic E-state index is 0.00462. The molecule has 7 heteroatoms. The van der Waals surface area contributed by atoms with Gasteiger partial charge in [0.2, 0.25) is 0 Å². The maximum Gasteiger partial charge on any atom is 0.269 e. The Bertz CT molecular complexity index is 1010. The van der Waals surface area contributed by atoms with Crippen LogP contribution in [0.1, 0.15) is 20.7 Å². The molecule has 28 heavy (non-hydrogen) atoms. The number of thiocarbonyl (C=S) groups is 1. The molecule has 0 aliphatic heterocycles. The monoisotopic (exact) mass is 453 g/mol. The van der Waals surface area contributed by atoms with Gasteiger partial charge in [0, 0.05) is 10.0 Å². The van der Waals surface area contributed by atoms with E-state index in [1.165, 1.54) is 0 Å². The summed E-state index contributed by atoms with van der Waals surface area (Å²) in [4.78, 5) is 24.4. The Morgan fingerprint density at radius 1 is 0.714 bits per heavy atom. The van der Waals surface area contributed by atoms with Gasteiger partial charge in [-0.3, -0.25) is 25.8 Å². The first-order valence-corrected chi connectivity index (χ1v) is 9.56. The Morgan fingerprint density at radius 3 is 2.00 bits per heavy atom. The van der Waals surface area contributed by atoms with Gasteiger partial charge in [-0.05, 0) is 63.5 Å². The highest BCUT2D eigenvalue weighted by atomic mass is 79.9. The van der Waals surface area contributed by atoms with Gasteiger partial charge in [-0.25, -0.2) is 0 Å². The van der Waals surface area contributed by atoms with E-state index in [1.807, 2.05) is 42.5 Å². The van der Waals surface area contributed by atoms with Gasteiger partial charge in [-0.2, -0.15) is 0 Å². The highest BCUT2D eigenvalue weighted by molar-refractivity contribution is 9.10. The highest BCUT2D eigenvalue weighted by Gasteiger charge is 2.12. The maximum absolute atomic E-state index is 12.3. The standard InChI is InChI=1S/C21H16BrN3O2S/c22-18-9-5-4-8-17(18)20(27)23-21(28)25-24-19(26)16-12-10-15(11-13-16)14-6-2-1-3-7-14/h1-13H,(H,24,26)(H2,23,25,27,28). The van der Waals surface area contributed by atoms with Crippen LogP contribution < -0.4 is 16.2 Å². The van der Waals surface area contributed by atoms with Crippen molar-refractivity contribution >= 4 is 45.1 Å². The van der Waals surface area contributed by atoms with Crippen LogP contribution in [0.25, 0.3) is 11.1 Å². The van der Waals surface area contributed by atoms with Crippen LogP contribution in [-0.2, 0) is 0 Å². The number of carbonyl (C=O) groups excluding carboxylic acids is 2. The van der Waals surface area contributed by atoms with Crippen molar-refractivity contribution in [1.82, 2.24) is 16.2 Å². The SMILES string of the molecule is O=C(NNC(=S)NC(=O)c1ccccc1Br)c1ccc(-c2ccccc2)cc1. The van der Waals surface area contributed by atoms with Crippen LogP contribution in [0, 0.1) is 0 Å². The fourth-order valence-corrected chi connectivity index (χ4v) is 3.09. The van der Waals surface area contributed by atoms with Crippen LogP contribution in [0.4, 0.5) is 0 Å². The van der Waals surface area contributed by atoms with Crippen LogP contribution in [0.3, 0.4) is 0 Å². The number of amides is 2. The molecular formula is C21H16BrN3O2S. The smallest absolute Gasteiger partial charge is 0.269 e. The third-order valence-corrected chi connectivity index (χ3v) is 4.78. The molecule has 5 nitrogen and oxygen atoms in total. The van der Waals surface area contributed by atoms with E-state index in [0.717, 1.165) is 11.1 Å². The van der Waals surface area contributed by atoms with Crippen LogP contribution in [0.2, 0.25) is 0 Å². The minimum atomic E-state index is -0.383. The zero-order valence-corrected chi connectivity index (χ0v) is 17.0. The third kappa shape index (κ3) is 5.03. The van der Waals surface area contributed by atoms with Crippen molar-refractivity contribution in [2.75, 3.05) is 0 Å². The average molecular weight is 454 g/mol. The normalized spacial score (nSPS) is 10.0. The van der Waals surface area contributed by atoms with Gasteiger partial charge in [0.1, 0.15) is 0 Å². The van der Waals surface area contributed by atoms with Crippen LogP contribution in [0.15, 0.2) is 83.3 Å². The first-order chi connectivity index (χ1) is 13.5. The number of nitrogens with one attached hydrogen (secondary N) is 3. The van der Waals surface area contributed by atoms with E-state index in [2.05, 4.69) is 32.1 Å². The Labute approximate surface area is 176 Å². The summed E-state index contributed by atoms with van der Waals surface area (Å²) in [5, 5.41) is 2.51. The summed E-state index contributed by atoms with van der Waals surface area (Å²) in [6.45, 7) is 0. The first kappa shape index (κ1) is 19.7. The van der Waals surface area contributed by atoms with E-state index in [1.54, 1.807) is 36.4 Å². The van der Waals surface area contributed by atoms with Crippen molar-refractivity contribution in [3.05, 3.63) is 94.5 Å². The number of hydrazine groups is 1. The third-order valence-electron chi connectivity index (χ3n) is 3.89. The van der Waals surface area contributed by atoms with Crippen molar-refractivity contribution in [2.45, 2.75) is 0 Å². The fourth-order valence-electron chi connectivity index (χ4n) is 2.48. The second-order valence-electron chi connectivity index (χ2n) is 5.79. The van der Waals surface area contributed by atoms with Crippen molar-refractivity contribution in [1.29, 1.82) is 0 Å². The van der Waals surface area contributed by atoms with Gasteiger partial charge in [0.25, 0.3) is 11.8 Å². The maximum atomic E-state index is 12.3. The van der Waals surface area contributed by atoms with Crippen molar-refractivity contribution in [3.8, 4) is 11.1 Å². The molecule has 0 aliphatic rings. The summed E-state index contributed by atoms with van der Waals surface area (Å²) in [5.41, 5.74) is 8.00. The number of rotatable bonds is 3. The molecule has 0 saturated carbocycles. The molecule has 2 amide bonds. The predicted octanol–water partition coefficient (Wildman–Crippen LogP) is 4.07. The molecule has 0 unspecified atom stereocenters. The molecule has 0 atom stereocenters. The molecule has 0 aliphatic carbocycles. The van der Waals surface area contributed by atoms with Crippen molar-refractivity contribution < 1.29 is 9.59 Å². The second kappa shape index (κ2) is 9.25. The topological polar surface area (TPSA) is 70.2 Å². The molecule has 3 rings (SSSR count). The summed E-state index contributed by atoms with van der Waals surface area (Å²) < 4.78 is 0.651. The van der Waals surface area contributed by atoms with Gasteiger partial charge in [-0.15, -0.1) is 0 Å². The van der Waals surface area contributed by atoms with Crippen molar-refractivity contribution in [2.24, 2.45) is 0 Å². The van der Waals surface area contributed by atoms with Crippen LogP contribution >= 0.6 is 28.1 Å². The molecule has 0 fully saturated rings. The Balaban J connectivity index is 1.54. The average Bonchev–Trinajstić information content (AvgIpc) is 2.73. The van der Waals surface area contributed by atoms with Gasteiger partial charge in [0.15, 0.2) is 5.11 Å². The zero-order chi connectivity index (χ0) is 19.9. The van der Waals surface area contributed by atoms with Gasteiger partial charge in [0.05, 0.1) is 5.56 Å². The van der Waals surface area contributed by atoms with Gasteiger partial charge in [-0.1, -0.05) is 54.6 Å². The molecule has 0 bridgehead atoms. The Hall–Kier alpha value is -3.03. The van der Waals surface area contributed by atoms with E-state index in [9.17, 15) is 9.59 Å². The summed E-state index contributed by atoms with van der Waals surface area (Å²) in [5.74, 6) is -0.747. The molecule has 3 aromatic rings. The number of carbonyl (C=O) groups is 2. The summed E-state index contributed by atoms with van der Waals surface area (Å²) in [6.07, 6.45) is 0.